The minimum atomic E-state index is -0.179. The molecule has 0 radical (unpaired) electrons. The molecule has 1 saturated heterocycles. The number of rotatable bonds is 5. The molecule has 1 fully saturated rings. The second-order valence-corrected chi connectivity index (χ2v) is 4.91. The highest BCUT2D eigenvalue weighted by Gasteiger charge is 2.13. The summed E-state index contributed by atoms with van der Waals surface area (Å²) in [6.45, 7) is 5.16. The number of anilines is 1. The summed E-state index contributed by atoms with van der Waals surface area (Å²) in [5, 5.41) is 11.9. The lowest BCUT2D eigenvalue weighted by Gasteiger charge is -2.28. The Morgan fingerprint density at radius 1 is 1.35 bits per heavy atom. The van der Waals surface area contributed by atoms with Crippen molar-refractivity contribution >= 4 is 11.6 Å². The first kappa shape index (κ1) is 14.8. The SMILES string of the molecule is CCC(CO)NC(=O)c1ccc(N2CCOCC2)cc1. The number of ether oxygens (including phenoxy) is 1. The minimum Gasteiger partial charge on any atom is -0.394 e. The van der Waals surface area contributed by atoms with Gasteiger partial charge in [0.15, 0.2) is 0 Å². The van der Waals surface area contributed by atoms with Crippen molar-refractivity contribution in [3.63, 3.8) is 0 Å². The Kier molecular flexibility index (Phi) is 5.38. The van der Waals surface area contributed by atoms with E-state index in [9.17, 15) is 4.79 Å². The van der Waals surface area contributed by atoms with Crippen LogP contribution in [0.5, 0.6) is 0 Å². The van der Waals surface area contributed by atoms with Crippen LogP contribution in [0.2, 0.25) is 0 Å². The Bertz CT molecular complexity index is 423. The molecular formula is C15H22N2O3. The zero-order valence-corrected chi connectivity index (χ0v) is 11.8. The lowest BCUT2D eigenvalue weighted by atomic mass is 10.1. The van der Waals surface area contributed by atoms with Crippen LogP contribution in [0.25, 0.3) is 0 Å². The summed E-state index contributed by atoms with van der Waals surface area (Å²) in [5.41, 5.74) is 1.73. The first-order chi connectivity index (χ1) is 9.74. The number of hydrogen-bond donors (Lipinski definition) is 2. The number of carbonyl (C=O) groups is 1. The number of benzene rings is 1. The molecule has 110 valence electrons. The zero-order valence-electron chi connectivity index (χ0n) is 11.8. The number of nitrogens with one attached hydrogen (secondary N) is 1. The molecule has 0 aromatic heterocycles. The van der Waals surface area contributed by atoms with Crippen LogP contribution in [0.3, 0.4) is 0 Å². The van der Waals surface area contributed by atoms with Crippen LogP contribution >= 0.6 is 0 Å². The predicted octanol–water partition coefficient (Wildman–Crippen LogP) is 1.02. The highest BCUT2D eigenvalue weighted by molar-refractivity contribution is 5.94. The topological polar surface area (TPSA) is 61.8 Å². The van der Waals surface area contributed by atoms with Gasteiger partial charge in [0.2, 0.25) is 0 Å². The van der Waals surface area contributed by atoms with E-state index in [0.717, 1.165) is 32.0 Å². The Balaban J connectivity index is 1.98. The van der Waals surface area contributed by atoms with Crippen LogP contribution in [0, 0.1) is 0 Å². The van der Waals surface area contributed by atoms with Gasteiger partial charge >= 0.3 is 0 Å². The normalized spacial score (nSPS) is 16.8. The van der Waals surface area contributed by atoms with Crippen molar-refractivity contribution in [3.05, 3.63) is 29.8 Å². The molecule has 1 atom stereocenters. The average Bonchev–Trinajstić information content (AvgIpc) is 2.53. The Labute approximate surface area is 119 Å². The van der Waals surface area contributed by atoms with Gasteiger partial charge in [-0.15, -0.1) is 0 Å². The van der Waals surface area contributed by atoms with Crippen LogP contribution in [-0.2, 0) is 4.74 Å². The number of aliphatic hydroxyl groups excluding tert-OH is 1. The molecule has 5 nitrogen and oxygen atoms in total. The second-order valence-electron chi connectivity index (χ2n) is 4.91. The molecule has 1 amide bonds. The van der Waals surface area contributed by atoms with Crippen LogP contribution in [0.15, 0.2) is 24.3 Å². The quantitative estimate of drug-likeness (QED) is 0.844. The van der Waals surface area contributed by atoms with Gasteiger partial charge < -0.3 is 20.1 Å². The van der Waals surface area contributed by atoms with Crippen molar-refractivity contribution in [2.75, 3.05) is 37.8 Å². The molecule has 1 heterocycles. The number of nitrogens with zero attached hydrogens (tertiary/aromatic N) is 1. The molecule has 1 unspecified atom stereocenters. The fourth-order valence-corrected chi connectivity index (χ4v) is 2.19. The summed E-state index contributed by atoms with van der Waals surface area (Å²) in [5.74, 6) is -0.139. The smallest absolute Gasteiger partial charge is 0.251 e. The van der Waals surface area contributed by atoms with Crippen LogP contribution in [0.1, 0.15) is 23.7 Å². The highest BCUT2D eigenvalue weighted by Crippen LogP contribution is 2.16. The van der Waals surface area contributed by atoms with Gasteiger partial charge in [0.05, 0.1) is 25.9 Å². The largest absolute Gasteiger partial charge is 0.394 e. The Morgan fingerprint density at radius 3 is 2.55 bits per heavy atom. The third-order valence-electron chi connectivity index (χ3n) is 3.55. The number of morpholine rings is 1. The van der Waals surface area contributed by atoms with Crippen molar-refractivity contribution in [2.24, 2.45) is 0 Å². The van der Waals surface area contributed by atoms with Crippen molar-refractivity contribution in [3.8, 4) is 0 Å². The van der Waals surface area contributed by atoms with E-state index in [0.29, 0.717) is 12.0 Å². The molecule has 1 aliphatic heterocycles. The summed E-state index contributed by atoms with van der Waals surface area (Å²) in [6.07, 6.45) is 0.716. The van der Waals surface area contributed by atoms with E-state index in [1.165, 1.54) is 0 Å². The molecule has 1 aromatic carbocycles. The fourth-order valence-electron chi connectivity index (χ4n) is 2.19. The third kappa shape index (κ3) is 3.71. The van der Waals surface area contributed by atoms with E-state index in [-0.39, 0.29) is 18.6 Å². The van der Waals surface area contributed by atoms with Gasteiger partial charge in [0.1, 0.15) is 0 Å². The summed E-state index contributed by atoms with van der Waals surface area (Å²) in [4.78, 5) is 14.2. The molecule has 2 N–H and O–H groups in total. The maximum absolute atomic E-state index is 12.0. The molecule has 0 saturated carbocycles. The maximum Gasteiger partial charge on any atom is 0.251 e. The molecule has 0 aliphatic carbocycles. The second kappa shape index (κ2) is 7.26. The van der Waals surface area contributed by atoms with E-state index < -0.39 is 0 Å². The van der Waals surface area contributed by atoms with Crippen LogP contribution in [-0.4, -0.2) is 50.0 Å². The average molecular weight is 278 g/mol. The maximum atomic E-state index is 12.0. The number of hydrogen-bond acceptors (Lipinski definition) is 4. The lowest BCUT2D eigenvalue weighted by Crippen LogP contribution is -2.37. The Morgan fingerprint density at radius 2 is 2.00 bits per heavy atom. The number of amides is 1. The zero-order chi connectivity index (χ0) is 14.4. The van der Waals surface area contributed by atoms with E-state index in [1.54, 1.807) is 0 Å². The molecule has 2 rings (SSSR count). The Hall–Kier alpha value is -1.59. The fraction of sp³-hybridized carbons (Fsp3) is 0.533. The molecule has 0 bridgehead atoms. The van der Waals surface area contributed by atoms with Crippen molar-refractivity contribution in [1.82, 2.24) is 5.32 Å². The van der Waals surface area contributed by atoms with Crippen molar-refractivity contribution in [1.29, 1.82) is 0 Å². The standard InChI is InChI=1S/C15H22N2O3/c1-2-13(11-18)16-15(19)12-3-5-14(6-4-12)17-7-9-20-10-8-17/h3-6,13,18H,2,7-11H2,1H3,(H,16,19). The van der Waals surface area contributed by atoms with Gasteiger partial charge in [0, 0.05) is 24.3 Å². The van der Waals surface area contributed by atoms with Gasteiger partial charge in [-0.25, -0.2) is 0 Å². The van der Waals surface area contributed by atoms with E-state index in [4.69, 9.17) is 9.84 Å². The van der Waals surface area contributed by atoms with Gasteiger partial charge in [-0.05, 0) is 30.7 Å². The van der Waals surface area contributed by atoms with Gasteiger partial charge in [-0.3, -0.25) is 4.79 Å². The number of carbonyl (C=O) groups excluding carboxylic acids is 1. The van der Waals surface area contributed by atoms with E-state index in [1.807, 2.05) is 31.2 Å². The van der Waals surface area contributed by atoms with Crippen molar-refractivity contribution in [2.45, 2.75) is 19.4 Å². The first-order valence-electron chi connectivity index (χ1n) is 7.09. The summed E-state index contributed by atoms with van der Waals surface area (Å²) < 4.78 is 5.32. The van der Waals surface area contributed by atoms with E-state index >= 15 is 0 Å². The molecule has 5 heteroatoms. The molecule has 1 aromatic rings. The lowest BCUT2D eigenvalue weighted by molar-refractivity contribution is 0.0915. The van der Waals surface area contributed by atoms with Crippen molar-refractivity contribution < 1.29 is 14.6 Å². The van der Waals surface area contributed by atoms with Gasteiger partial charge in [-0.1, -0.05) is 6.92 Å². The van der Waals surface area contributed by atoms with Crippen LogP contribution < -0.4 is 10.2 Å². The van der Waals surface area contributed by atoms with Crippen LogP contribution in [0.4, 0.5) is 5.69 Å². The molecule has 1 aliphatic rings. The third-order valence-corrected chi connectivity index (χ3v) is 3.55. The highest BCUT2D eigenvalue weighted by atomic mass is 16.5. The predicted molar refractivity (Wildman–Crippen MR) is 78.1 cm³/mol. The summed E-state index contributed by atoms with van der Waals surface area (Å²) >= 11 is 0. The monoisotopic (exact) mass is 278 g/mol. The molecule has 0 spiro atoms. The first-order valence-corrected chi connectivity index (χ1v) is 7.09. The summed E-state index contributed by atoms with van der Waals surface area (Å²) in [6, 6.07) is 7.38. The van der Waals surface area contributed by atoms with Gasteiger partial charge in [0.25, 0.3) is 5.91 Å². The van der Waals surface area contributed by atoms with E-state index in [2.05, 4.69) is 10.2 Å². The molecular weight excluding hydrogens is 256 g/mol. The molecule has 20 heavy (non-hydrogen) atoms. The minimum absolute atomic E-state index is 0.0336. The number of aliphatic hydroxyl groups is 1. The van der Waals surface area contributed by atoms with Gasteiger partial charge in [-0.2, -0.15) is 0 Å². The summed E-state index contributed by atoms with van der Waals surface area (Å²) in [7, 11) is 0.